The van der Waals surface area contributed by atoms with Gasteiger partial charge in [-0.3, -0.25) is 14.5 Å². The van der Waals surface area contributed by atoms with E-state index in [1.54, 1.807) is 12.0 Å². The Morgan fingerprint density at radius 1 is 1.14 bits per heavy atom. The normalized spacial score (nSPS) is 29.8. The third-order valence-electron chi connectivity index (χ3n) is 8.81. The van der Waals surface area contributed by atoms with Crippen molar-refractivity contribution in [2.24, 2.45) is 0 Å². The number of carbonyl (C=O) groups is 2. The minimum absolute atomic E-state index is 0.156. The number of aromatic nitrogens is 1. The zero-order valence-electron chi connectivity index (χ0n) is 25.5. The van der Waals surface area contributed by atoms with E-state index in [1.165, 1.54) is 4.90 Å². The fourth-order valence-electron chi connectivity index (χ4n) is 7.02. The molecule has 1 N–H and O–H groups in total. The van der Waals surface area contributed by atoms with Crippen molar-refractivity contribution < 1.29 is 33.9 Å². The van der Waals surface area contributed by atoms with Crippen LogP contribution in [0.4, 0.5) is 0 Å². The summed E-state index contributed by atoms with van der Waals surface area (Å²) in [4.78, 5) is 43.9. The van der Waals surface area contributed by atoms with Crippen LogP contribution in [0.2, 0.25) is 0 Å². The molecule has 2 saturated heterocycles. The van der Waals surface area contributed by atoms with Crippen LogP contribution in [-0.4, -0.2) is 68.9 Å². The lowest BCUT2D eigenvalue weighted by molar-refractivity contribution is -0.390. The molecule has 5 atom stereocenters. The Labute approximate surface area is 246 Å². The molecule has 2 amide bonds. The molecule has 10 heteroatoms. The van der Waals surface area contributed by atoms with Gasteiger partial charge in [-0.25, -0.2) is 9.78 Å². The lowest BCUT2D eigenvalue weighted by atomic mass is 9.79. The molecule has 2 fully saturated rings. The van der Waals surface area contributed by atoms with Gasteiger partial charge < -0.3 is 24.0 Å². The molecule has 0 saturated carbocycles. The quantitative estimate of drug-likeness (QED) is 0.399. The summed E-state index contributed by atoms with van der Waals surface area (Å²) in [7, 11) is 1.61. The second-order valence-corrected chi connectivity index (χ2v) is 12.9. The first-order valence-corrected chi connectivity index (χ1v) is 14.7. The minimum Gasteiger partial charge on any atom is -0.497 e. The lowest BCUT2D eigenvalue weighted by Gasteiger charge is -2.56. The molecule has 0 aliphatic carbocycles. The number of carbonyl (C=O) groups excluding carboxylic acids is 2. The fraction of sp³-hybridized carbons (Fsp3) is 0.562. The molecular formula is C32H41N3O7. The minimum atomic E-state index is -2.24. The number of methoxy groups -OCH3 is 1. The average Bonchev–Trinajstić information content (AvgIpc) is 3.54. The SMILES string of the molecule is COc1ccc2c3c4n(c2c1)C(C=C(C)C)OOC(C)(C)C[C@@H]4N1C(=O)C2CCCN2C(=O)[C@]1(O)[C@H]3OCC=C(C)C. The maximum Gasteiger partial charge on any atom is 0.279 e. The molecule has 2 unspecified atom stereocenters. The zero-order valence-corrected chi connectivity index (χ0v) is 25.5. The predicted molar refractivity (Wildman–Crippen MR) is 155 cm³/mol. The standard InChI is InChI=1S/C32H41N3O7/c1-18(2)12-14-40-28-26-21-11-10-20(39-7)16-23(21)34-25(15-19(3)4)41-42-31(5,6)17-24(27(26)34)35-29(36)22-9-8-13-33(22)30(37)32(28,35)38/h10-12,15-16,22,24-25,28,38H,8-9,13-14,17H2,1-7H3/t22?,24-,25?,28-,32+/m0/s1. The van der Waals surface area contributed by atoms with Crippen LogP contribution in [-0.2, 0) is 24.1 Å². The van der Waals surface area contributed by atoms with E-state index in [4.69, 9.17) is 19.2 Å². The van der Waals surface area contributed by atoms with Crippen LogP contribution >= 0.6 is 0 Å². The third-order valence-corrected chi connectivity index (χ3v) is 8.81. The van der Waals surface area contributed by atoms with Crippen molar-refractivity contribution in [3.05, 3.63) is 52.8 Å². The molecule has 10 nitrogen and oxygen atoms in total. The first-order chi connectivity index (χ1) is 19.9. The van der Waals surface area contributed by atoms with Gasteiger partial charge in [-0.2, -0.15) is 0 Å². The Bertz CT molecular complexity index is 1500. The third kappa shape index (κ3) is 4.30. The number of fused-ring (bicyclic) bond motifs is 6. The molecule has 2 aromatic rings. The molecule has 226 valence electrons. The molecule has 1 aromatic heterocycles. The highest BCUT2D eigenvalue weighted by Gasteiger charge is 2.67. The van der Waals surface area contributed by atoms with E-state index in [0.717, 1.165) is 27.7 Å². The van der Waals surface area contributed by atoms with Crippen molar-refractivity contribution in [1.29, 1.82) is 0 Å². The predicted octanol–water partition coefficient (Wildman–Crippen LogP) is 4.85. The smallest absolute Gasteiger partial charge is 0.279 e. The number of ether oxygens (including phenoxy) is 2. The second kappa shape index (κ2) is 10.2. The van der Waals surface area contributed by atoms with E-state index in [1.807, 2.05) is 76.5 Å². The van der Waals surface area contributed by atoms with Crippen molar-refractivity contribution in [3.63, 3.8) is 0 Å². The van der Waals surface area contributed by atoms with Crippen LogP contribution < -0.4 is 4.74 Å². The number of hydrogen-bond donors (Lipinski definition) is 1. The van der Waals surface area contributed by atoms with Crippen LogP contribution in [0.3, 0.4) is 0 Å². The van der Waals surface area contributed by atoms with Crippen molar-refractivity contribution in [3.8, 4) is 5.75 Å². The number of benzene rings is 1. The van der Waals surface area contributed by atoms with Crippen LogP contribution in [0.5, 0.6) is 5.75 Å². The first-order valence-electron chi connectivity index (χ1n) is 14.7. The van der Waals surface area contributed by atoms with Gasteiger partial charge in [0.15, 0.2) is 6.23 Å². The second-order valence-electron chi connectivity index (χ2n) is 12.9. The molecular weight excluding hydrogens is 538 g/mol. The lowest BCUT2D eigenvalue weighted by Crippen LogP contribution is -2.74. The van der Waals surface area contributed by atoms with E-state index in [-0.39, 0.29) is 18.9 Å². The Kier molecular flexibility index (Phi) is 7.04. The van der Waals surface area contributed by atoms with E-state index >= 15 is 0 Å². The van der Waals surface area contributed by atoms with Gasteiger partial charge in [-0.05, 0) is 72.6 Å². The van der Waals surface area contributed by atoms with E-state index in [0.29, 0.717) is 30.7 Å². The topological polar surface area (TPSA) is 103 Å². The van der Waals surface area contributed by atoms with Gasteiger partial charge in [0.1, 0.15) is 23.5 Å². The summed E-state index contributed by atoms with van der Waals surface area (Å²) in [6.07, 6.45) is 3.56. The van der Waals surface area contributed by atoms with Gasteiger partial charge in [0.25, 0.3) is 11.6 Å². The Balaban J connectivity index is 1.72. The summed E-state index contributed by atoms with van der Waals surface area (Å²) in [5.41, 5.74) is 1.13. The summed E-state index contributed by atoms with van der Waals surface area (Å²) in [5, 5.41) is 13.5. The molecule has 42 heavy (non-hydrogen) atoms. The highest BCUT2D eigenvalue weighted by Crippen LogP contribution is 2.56. The Morgan fingerprint density at radius 3 is 2.60 bits per heavy atom. The number of amides is 2. The molecule has 0 radical (unpaired) electrons. The highest BCUT2D eigenvalue weighted by atomic mass is 17.2. The number of nitrogens with zero attached hydrogens (tertiary/aromatic N) is 3. The number of allylic oxidation sites excluding steroid dienone is 2. The first kappa shape index (κ1) is 28.9. The number of rotatable bonds is 5. The van der Waals surface area contributed by atoms with Crippen molar-refractivity contribution in [2.75, 3.05) is 20.3 Å². The molecule has 0 spiro atoms. The van der Waals surface area contributed by atoms with Gasteiger partial charge in [0.05, 0.1) is 31.0 Å². The molecule has 0 bridgehead atoms. The Hall–Kier alpha value is -3.18. The van der Waals surface area contributed by atoms with Gasteiger partial charge in [-0.1, -0.05) is 17.2 Å². The summed E-state index contributed by atoms with van der Waals surface area (Å²) < 4.78 is 14.1. The number of aliphatic hydroxyl groups is 1. The summed E-state index contributed by atoms with van der Waals surface area (Å²) >= 11 is 0. The van der Waals surface area contributed by atoms with Gasteiger partial charge in [-0.15, -0.1) is 0 Å². The van der Waals surface area contributed by atoms with E-state index in [2.05, 4.69) is 0 Å². The van der Waals surface area contributed by atoms with Gasteiger partial charge in [0.2, 0.25) is 5.91 Å². The molecule has 1 aromatic carbocycles. The van der Waals surface area contributed by atoms with Crippen LogP contribution in [0.25, 0.3) is 10.9 Å². The molecule has 4 aliphatic heterocycles. The van der Waals surface area contributed by atoms with Crippen molar-refractivity contribution in [1.82, 2.24) is 14.4 Å². The fourth-order valence-corrected chi connectivity index (χ4v) is 7.02. The summed E-state index contributed by atoms with van der Waals surface area (Å²) in [6, 6.07) is 4.37. The summed E-state index contributed by atoms with van der Waals surface area (Å²) in [5.74, 6) is -0.133. The Morgan fingerprint density at radius 2 is 1.90 bits per heavy atom. The van der Waals surface area contributed by atoms with Crippen molar-refractivity contribution in [2.45, 2.75) is 96.5 Å². The van der Waals surface area contributed by atoms with E-state index < -0.39 is 41.6 Å². The van der Waals surface area contributed by atoms with Crippen LogP contribution in [0, 0.1) is 0 Å². The van der Waals surface area contributed by atoms with E-state index in [9.17, 15) is 14.7 Å². The van der Waals surface area contributed by atoms with Crippen LogP contribution in [0.15, 0.2) is 41.5 Å². The molecule has 4 aliphatic rings. The monoisotopic (exact) mass is 579 g/mol. The zero-order chi connectivity index (χ0) is 30.1. The number of piperazine rings is 1. The molecule has 5 heterocycles. The molecule has 6 rings (SSSR count). The van der Waals surface area contributed by atoms with Crippen molar-refractivity contribution >= 4 is 22.7 Å². The van der Waals surface area contributed by atoms with Gasteiger partial charge in [0, 0.05) is 30.0 Å². The van der Waals surface area contributed by atoms with Crippen LogP contribution in [0.1, 0.15) is 90.4 Å². The maximum absolute atomic E-state index is 14.4. The summed E-state index contributed by atoms with van der Waals surface area (Å²) in [6.45, 7) is 12.3. The largest absolute Gasteiger partial charge is 0.497 e. The number of hydrogen-bond acceptors (Lipinski definition) is 7. The van der Waals surface area contributed by atoms with Gasteiger partial charge >= 0.3 is 0 Å². The maximum atomic E-state index is 14.4. The average molecular weight is 580 g/mol. The highest BCUT2D eigenvalue weighted by molar-refractivity contribution is 6.02.